The van der Waals surface area contributed by atoms with Gasteiger partial charge in [-0.25, -0.2) is 18.2 Å². The molecular formula is C15H19N3O4S. The number of pyridine rings is 1. The third-order valence-electron chi connectivity index (χ3n) is 3.40. The second kappa shape index (κ2) is 6.16. The van der Waals surface area contributed by atoms with Crippen molar-refractivity contribution in [1.29, 1.82) is 5.26 Å². The van der Waals surface area contributed by atoms with Gasteiger partial charge >= 0.3 is 6.09 Å². The zero-order valence-electron chi connectivity index (χ0n) is 13.3. The lowest BCUT2D eigenvalue weighted by molar-refractivity contribution is 0.0295. The Hall–Kier alpha value is -2.14. The molecule has 1 saturated heterocycles. The molecule has 124 valence electrons. The van der Waals surface area contributed by atoms with Crippen molar-refractivity contribution in [3.63, 3.8) is 0 Å². The number of hydrogen-bond donors (Lipinski definition) is 0. The van der Waals surface area contributed by atoms with Crippen LogP contribution in [-0.2, 0) is 14.6 Å². The number of nitriles is 1. The Morgan fingerprint density at radius 1 is 1.48 bits per heavy atom. The predicted octanol–water partition coefficient (Wildman–Crippen LogP) is 1.74. The first-order valence-electron chi connectivity index (χ1n) is 7.22. The minimum Gasteiger partial charge on any atom is -0.444 e. The predicted molar refractivity (Wildman–Crippen MR) is 82.3 cm³/mol. The molecule has 1 aromatic heterocycles. The molecule has 1 fully saturated rings. The van der Waals surface area contributed by atoms with Gasteiger partial charge in [0.25, 0.3) is 0 Å². The number of likely N-dealkylation sites (tertiary alicyclic amines) is 1. The van der Waals surface area contributed by atoms with Gasteiger partial charge in [0.05, 0.1) is 10.8 Å². The molecule has 8 heteroatoms. The largest absolute Gasteiger partial charge is 0.444 e. The lowest BCUT2D eigenvalue weighted by atomic mass is 10.2. The summed E-state index contributed by atoms with van der Waals surface area (Å²) < 4.78 is 30.6. The molecule has 2 heterocycles. The SMILES string of the molecule is CC(C)(C)OC(=O)N1CCC(S(=O)(=O)c2ncccc2C#N)C1. The molecular weight excluding hydrogens is 318 g/mol. The first-order chi connectivity index (χ1) is 10.6. The van der Waals surface area contributed by atoms with Crippen LogP contribution >= 0.6 is 0 Å². The highest BCUT2D eigenvalue weighted by Gasteiger charge is 2.39. The summed E-state index contributed by atoms with van der Waals surface area (Å²) in [6.07, 6.45) is 1.11. The zero-order chi connectivity index (χ0) is 17.3. The van der Waals surface area contributed by atoms with Gasteiger partial charge in [-0.2, -0.15) is 5.26 Å². The van der Waals surface area contributed by atoms with Gasteiger partial charge in [0.2, 0.25) is 9.84 Å². The third kappa shape index (κ3) is 3.79. The molecule has 0 spiro atoms. The Morgan fingerprint density at radius 3 is 2.78 bits per heavy atom. The summed E-state index contributed by atoms with van der Waals surface area (Å²) in [5.74, 6) is 0. The average molecular weight is 337 g/mol. The molecule has 0 bridgehead atoms. The van der Waals surface area contributed by atoms with E-state index in [0.717, 1.165) is 0 Å². The van der Waals surface area contributed by atoms with Gasteiger partial charge in [-0.15, -0.1) is 0 Å². The summed E-state index contributed by atoms with van der Waals surface area (Å²) in [5.41, 5.74) is -0.619. The normalized spacial score (nSPS) is 18.5. The van der Waals surface area contributed by atoms with Crippen LogP contribution in [-0.4, -0.2) is 48.3 Å². The number of hydrogen-bond acceptors (Lipinski definition) is 6. The fraction of sp³-hybridized carbons (Fsp3) is 0.533. The van der Waals surface area contributed by atoms with Crippen molar-refractivity contribution in [2.24, 2.45) is 0 Å². The molecule has 23 heavy (non-hydrogen) atoms. The number of aromatic nitrogens is 1. The topological polar surface area (TPSA) is 100 Å². The molecule has 0 saturated carbocycles. The van der Waals surface area contributed by atoms with E-state index in [4.69, 9.17) is 10.00 Å². The van der Waals surface area contributed by atoms with Crippen molar-refractivity contribution in [3.8, 4) is 6.07 Å². The first kappa shape index (κ1) is 17.2. The van der Waals surface area contributed by atoms with E-state index >= 15 is 0 Å². The molecule has 0 N–H and O–H groups in total. The van der Waals surface area contributed by atoms with Crippen LogP contribution in [0.1, 0.15) is 32.8 Å². The number of sulfone groups is 1. The van der Waals surface area contributed by atoms with Crippen molar-refractivity contribution in [1.82, 2.24) is 9.88 Å². The molecule has 2 rings (SSSR count). The lowest BCUT2D eigenvalue weighted by Crippen LogP contribution is -2.36. The average Bonchev–Trinajstić information content (AvgIpc) is 2.96. The number of carbonyl (C=O) groups excluding carboxylic acids is 1. The van der Waals surface area contributed by atoms with Crippen molar-refractivity contribution in [3.05, 3.63) is 23.9 Å². The lowest BCUT2D eigenvalue weighted by Gasteiger charge is -2.24. The standard InChI is InChI=1S/C15H19N3O4S/c1-15(2,3)22-14(19)18-8-6-12(10-18)23(20,21)13-11(9-16)5-4-7-17-13/h4-5,7,12H,6,8,10H2,1-3H3. The number of nitrogens with zero attached hydrogens (tertiary/aromatic N) is 3. The van der Waals surface area contributed by atoms with E-state index in [-0.39, 0.29) is 17.1 Å². The molecule has 1 atom stereocenters. The minimum absolute atomic E-state index is 0.0169. The van der Waals surface area contributed by atoms with E-state index in [1.165, 1.54) is 23.2 Å². The van der Waals surface area contributed by atoms with Crippen LogP contribution in [0.25, 0.3) is 0 Å². The van der Waals surface area contributed by atoms with E-state index in [1.54, 1.807) is 20.8 Å². The van der Waals surface area contributed by atoms with Crippen LogP contribution in [0.15, 0.2) is 23.4 Å². The Kier molecular flexibility index (Phi) is 4.61. The minimum atomic E-state index is -3.77. The van der Waals surface area contributed by atoms with Crippen molar-refractivity contribution in [2.75, 3.05) is 13.1 Å². The number of amides is 1. The highest BCUT2D eigenvalue weighted by Crippen LogP contribution is 2.25. The molecule has 0 aliphatic carbocycles. The molecule has 0 radical (unpaired) electrons. The van der Waals surface area contributed by atoms with E-state index in [1.807, 2.05) is 6.07 Å². The van der Waals surface area contributed by atoms with E-state index in [2.05, 4.69) is 4.98 Å². The third-order valence-corrected chi connectivity index (χ3v) is 5.52. The van der Waals surface area contributed by atoms with Crippen molar-refractivity contribution < 1.29 is 17.9 Å². The molecule has 1 aliphatic rings. The molecule has 1 aromatic rings. The summed E-state index contributed by atoms with van der Waals surface area (Å²) in [5, 5.41) is 8.05. The van der Waals surface area contributed by atoms with Gasteiger partial charge in [0.1, 0.15) is 11.7 Å². The fourth-order valence-corrected chi connectivity index (χ4v) is 4.07. The summed E-state index contributed by atoms with van der Waals surface area (Å²) in [6.45, 7) is 5.60. The quantitative estimate of drug-likeness (QED) is 0.815. The van der Waals surface area contributed by atoms with Crippen molar-refractivity contribution >= 4 is 15.9 Å². The van der Waals surface area contributed by atoms with Crippen LogP contribution in [0.3, 0.4) is 0 Å². The van der Waals surface area contributed by atoms with Gasteiger partial charge in [0.15, 0.2) is 5.03 Å². The van der Waals surface area contributed by atoms with Gasteiger partial charge < -0.3 is 9.64 Å². The second-order valence-electron chi connectivity index (χ2n) is 6.35. The molecule has 1 aliphatic heterocycles. The van der Waals surface area contributed by atoms with E-state index < -0.39 is 26.8 Å². The maximum atomic E-state index is 12.7. The maximum Gasteiger partial charge on any atom is 0.410 e. The van der Waals surface area contributed by atoms with Crippen LogP contribution in [0, 0.1) is 11.3 Å². The van der Waals surface area contributed by atoms with Gasteiger partial charge in [-0.05, 0) is 39.3 Å². The van der Waals surface area contributed by atoms with E-state index in [9.17, 15) is 13.2 Å². The smallest absolute Gasteiger partial charge is 0.410 e. The molecule has 7 nitrogen and oxygen atoms in total. The maximum absolute atomic E-state index is 12.7. The second-order valence-corrected chi connectivity index (χ2v) is 8.49. The number of rotatable bonds is 2. The van der Waals surface area contributed by atoms with Gasteiger partial charge in [0, 0.05) is 19.3 Å². The Balaban J connectivity index is 2.18. The van der Waals surface area contributed by atoms with Crippen molar-refractivity contribution in [2.45, 2.75) is 43.1 Å². The molecule has 1 unspecified atom stereocenters. The summed E-state index contributed by atoms with van der Waals surface area (Å²) in [6, 6.07) is 4.77. The summed E-state index contributed by atoms with van der Waals surface area (Å²) in [4.78, 5) is 17.3. The molecule has 0 aromatic carbocycles. The first-order valence-corrected chi connectivity index (χ1v) is 8.77. The van der Waals surface area contributed by atoms with Crippen LogP contribution in [0.2, 0.25) is 0 Å². The van der Waals surface area contributed by atoms with Gasteiger partial charge in [-0.3, -0.25) is 0 Å². The number of ether oxygens (including phenoxy) is 1. The Labute approximate surface area is 135 Å². The van der Waals surface area contributed by atoms with E-state index in [0.29, 0.717) is 13.0 Å². The van der Waals surface area contributed by atoms with Crippen LogP contribution in [0.4, 0.5) is 4.79 Å². The van der Waals surface area contributed by atoms with Gasteiger partial charge in [-0.1, -0.05) is 0 Å². The Bertz CT molecular complexity index is 747. The van der Waals surface area contributed by atoms with Crippen LogP contribution < -0.4 is 0 Å². The zero-order valence-corrected chi connectivity index (χ0v) is 14.1. The summed E-state index contributed by atoms with van der Waals surface area (Å²) >= 11 is 0. The fourth-order valence-electron chi connectivity index (χ4n) is 2.33. The van der Waals surface area contributed by atoms with Crippen LogP contribution in [0.5, 0.6) is 0 Å². The summed E-state index contributed by atoms with van der Waals surface area (Å²) in [7, 11) is -3.77. The number of carbonyl (C=O) groups is 1. The Morgan fingerprint density at radius 2 is 2.17 bits per heavy atom. The monoisotopic (exact) mass is 337 g/mol. The highest BCUT2D eigenvalue weighted by atomic mass is 32.2. The highest BCUT2D eigenvalue weighted by molar-refractivity contribution is 7.92. The molecule has 1 amide bonds.